The Morgan fingerprint density at radius 1 is 1.33 bits per heavy atom. The van der Waals surface area contributed by atoms with Crippen LogP contribution in [0.2, 0.25) is 0 Å². The van der Waals surface area contributed by atoms with Crippen molar-refractivity contribution in [2.45, 2.75) is 33.4 Å². The normalized spacial score (nSPS) is 12.6. The van der Waals surface area contributed by atoms with Gasteiger partial charge >= 0.3 is 0 Å². The molecule has 0 fully saturated rings. The number of carbonyl (C=O) groups is 1. The van der Waals surface area contributed by atoms with Crippen LogP contribution < -0.4 is 5.32 Å². The zero-order valence-electron chi connectivity index (χ0n) is 14.4. The van der Waals surface area contributed by atoms with E-state index in [0.29, 0.717) is 18.1 Å². The molecule has 2 aromatic rings. The minimum atomic E-state index is -0.193. The Hall–Kier alpha value is -2.18. The fraction of sp³-hybridized carbons (Fsp3) is 0.444. The predicted octanol–water partition coefficient (Wildman–Crippen LogP) is 2.44. The van der Waals surface area contributed by atoms with Crippen LogP contribution in [-0.4, -0.2) is 40.3 Å². The van der Waals surface area contributed by atoms with Crippen molar-refractivity contribution in [3.63, 3.8) is 0 Å². The number of hydrogen-bond donors (Lipinski definition) is 2. The average molecular weight is 331 g/mol. The molecular formula is C18H25N3O3. The number of anilines is 1. The molecule has 2 rings (SSSR count). The SMILES string of the molecule is Cc1cc(NC(=O)CN(Cc2ccccc2)C(CO)C(C)C)on1. The second-order valence-electron chi connectivity index (χ2n) is 6.27. The third-order valence-electron chi connectivity index (χ3n) is 3.89. The van der Waals surface area contributed by atoms with Gasteiger partial charge in [0, 0.05) is 18.7 Å². The minimum Gasteiger partial charge on any atom is -0.395 e. The Morgan fingerprint density at radius 2 is 2.04 bits per heavy atom. The monoisotopic (exact) mass is 331 g/mol. The first-order valence-electron chi connectivity index (χ1n) is 8.11. The number of benzene rings is 1. The Balaban J connectivity index is 2.08. The molecule has 0 aliphatic rings. The molecule has 0 radical (unpaired) electrons. The number of aromatic nitrogens is 1. The number of nitrogens with zero attached hydrogens (tertiary/aromatic N) is 2. The van der Waals surface area contributed by atoms with E-state index < -0.39 is 0 Å². The Labute approximate surface area is 142 Å². The van der Waals surface area contributed by atoms with Crippen LogP contribution in [-0.2, 0) is 11.3 Å². The van der Waals surface area contributed by atoms with Gasteiger partial charge in [-0.3, -0.25) is 15.0 Å². The molecule has 0 saturated carbocycles. The first kappa shape index (κ1) is 18.2. The van der Waals surface area contributed by atoms with Crippen molar-refractivity contribution >= 4 is 11.8 Å². The van der Waals surface area contributed by atoms with Gasteiger partial charge in [0.05, 0.1) is 18.8 Å². The molecule has 130 valence electrons. The number of rotatable bonds is 8. The molecule has 0 saturated heterocycles. The molecule has 0 aliphatic heterocycles. The number of nitrogens with one attached hydrogen (secondary N) is 1. The highest BCUT2D eigenvalue weighted by Gasteiger charge is 2.24. The first-order valence-corrected chi connectivity index (χ1v) is 8.11. The van der Waals surface area contributed by atoms with Crippen LogP contribution in [0, 0.1) is 12.8 Å². The number of aliphatic hydroxyl groups is 1. The number of hydrogen-bond acceptors (Lipinski definition) is 5. The molecular weight excluding hydrogens is 306 g/mol. The lowest BCUT2D eigenvalue weighted by atomic mass is 10.0. The predicted molar refractivity (Wildman–Crippen MR) is 92.4 cm³/mol. The molecule has 0 aliphatic carbocycles. The van der Waals surface area contributed by atoms with Gasteiger partial charge in [-0.15, -0.1) is 0 Å². The van der Waals surface area contributed by atoms with Crippen molar-refractivity contribution < 1.29 is 14.4 Å². The van der Waals surface area contributed by atoms with Crippen LogP contribution in [0.25, 0.3) is 0 Å². The van der Waals surface area contributed by atoms with Crippen LogP contribution in [0.4, 0.5) is 5.88 Å². The van der Waals surface area contributed by atoms with E-state index in [1.807, 2.05) is 49.1 Å². The topological polar surface area (TPSA) is 78.6 Å². The molecule has 1 unspecified atom stereocenters. The number of aliphatic hydroxyl groups excluding tert-OH is 1. The lowest BCUT2D eigenvalue weighted by Crippen LogP contribution is -2.45. The summed E-state index contributed by atoms with van der Waals surface area (Å²) in [6.45, 7) is 6.62. The third kappa shape index (κ3) is 5.18. The van der Waals surface area contributed by atoms with E-state index in [9.17, 15) is 9.90 Å². The lowest BCUT2D eigenvalue weighted by Gasteiger charge is -2.32. The van der Waals surface area contributed by atoms with Crippen molar-refractivity contribution in [3.05, 3.63) is 47.7 Å². The molecule has 1 aromatic heterocycles. The minimum absolute atomic E-state index is 0.000798. The summed E-state index contributed by atoms with van der Waals surface area (Å²) in [5, 5.41) is 16.2. The van der Waals surface area contributed by atoms with Crippen LogP contribution in [0.1, 0.15) is 25.1 Å². The third-order valence-corrected chi connectivity index (χ3v) is 3.89. The molecule has 24 heavy (non-hydrogen) atoms. The standard InChI is InChI=1S/C18H25N3O3/c1-13(2)16(12-22)21(10-15-7-5-4-6-8-15)11-17(23)19-18-9-14(3)20-24-18/h4-9,13,16,22H,10-12H2,1-3H3,(H,19,23). The van der Waals surface area contributed by atoms with Crippen LogP contribution in [0.3, 0.4) is 0 Å². The summed E-state index contributed by atoms with van der Waals surface area (Å²) in [6, 6.07) is 11.5. The number of amides is 1. The van der Waals surface area contributed by atoms with E-state index in [1.54, 1.807) is 13.0 Å². The Kier molecular flexibility index (Phi) is 6.52. The maximum atomic E-state index is 12.3. The summed E-state index contributed by atoms with van der Waals surface area (Å²) in [5.41, 5.74) is 1.81. The van der Waals surface area contributed by atoms with Gasteiger partial charge < -0.3 is 9.63 Å². The molecule has 2 N–H and O–H groups in total. The van der Waals surface area contributed by atoms with Crippen molar-refractivity contribution in [2.24, 2.45) is 5.92 Å². The zero-order chi connectivity index (χ0) is 17.5. The molecule has 1 aromatic carbocycles. The van der Waals surface area contributed by atoms with Crippen LogP contribution in [0.5, 0.6) is 0 Å². The molecule has 1 atom stereocenters. The van der Waals surface area contributed by atoms with Gasteiger partial charge in [0.25, 0.3) is 0 Å². The number of carbonyl (C=O) groups excluding carboxylic acids is 1. The first-order chi connectivity index (χ1) is 11.5. The second kappa shape index (κ2) is 8.61. The van der Waals surface area contributed by atoms with Gasteiger partial charge in [-0.1, -0.05) is 49.3 Å². The van der Waals surface area contributed by atoms with Gasteiger partial charge in [0.2, 0.25) is 11.8 Å². The van der Waals surface area contributed by atoms with Gasteiger partial charge in [0.1, 0.15) is 0 Å². The van der Waals surface area contributed by atoms with E-state index in [2.05, 4.69) is 10.5 Å². The average Bonchev–Trinajstić information content (AvgIpc) is 2.93. The quantitative estimate of drug-likeness (QED) is 0.777. The van der Waals surface area contributed by atoms with Gasteiger partial charge in [-0.05, 0) is 18.4 Å². The molecule has 0 bridgehead atoms. The summed E-state index contributed by atoms with van der Waals surface area (Å²) < 4.78 is 5.02. The molecule has 6 nitrogen and oxygen atoms in total. The van der Waals surface area contributed by atoms with Gasteiger partial charge in [-0.2, -0.15) is 0 Å². The summed E-state index contributed by atoms with van der Waals surface area (Å²) in [4.78, 5) is 14.3. The highest BCUT2D eigenvalue weighted by atomic mass is 16.5. The van der Waals surface area contributed by atoms with Crippen molar-refractivity contribution in [1.82, 2.24) is 10.1 Å². The molecule has 1 heterocycles. The lowest BCUT2D eigenvalue weighted by molar-refractivity contribution is -0.118. The molecule has 6 heteroatoms. The smallest absolute Gasteiger partial charge is 0.240 e. The highest BCUT2D eigenvalue weighted by molar-refractivity contribution is 5.91. The summed E-state index contributed by atoms with van der Waals surface area (Å²) in [7, 11) is 0. The maximum absolute atomic E-state index is 12.3. The van der Waals surface area contributed by atoms with E-state index in [-0.39, 0.29) is 31.0 Å². The zero-order valence-corrected chi connectivity index (χ0v) is 14.4. The van der Waals surface area contributed by atoms with Crippen molar-refractivity contribution in [3.8, 4) is 0 Å². The van der Waals surface area contributed by atoms with Crippen molar-refractivity contribution in [2.75, 3.05) is 18.5 Å². The fourth-order valence-electron chi connectivity index (χ4n) is 2.64. The van der Waals surface area contributed by atoms with E-state index in [4.69, 9.17) is 4.52 Å². The fourth-order valence-corrected chi connectivity index (χ4v) is 2.64. The van der Waals surface area contributed by atoms with Gasteiger partial charge in [0.15, 0.2) is 0 Å². The summed E-state index contributed by atoms with van der Waals surface area (Å²) in [5.74, 6) is 0.363. The Morgan fingerprint density at radius 3 is 2.58 bits per heavy atom. The van der Waals surface area contributed by atoms with Crippen molar-refractivity contribution in [1.29, 1.82) is 0 Å². The summed E-state index contributed by atoms with van der Waals surface area (Å²) >= 11 is 0. The van der Waals surface area contributed by atoms with E-state index in [0.717, 1.165) is 5.56 Å². The van der Waals surface area contributed by atoms with Crippen LogP contribution in [0.15, 0.2) is 40.9 Å². The largest absolute Gasteiger partial charge is 0.395 e. The number of aryl methyl sites for hydroxylation is 1. The summed E-state index contributed by atoms with van der Waals surface area (Å²) in [6.07, 6.45) is 0. The highest BCUT2D eigenvalue weighted by Crippen LogP contribution is 2.15. The van der Waals surface area contributed by atoms with Crippen LogP contribution >= 0.6 is 0 Å². The second-order valence-corrected chi connectivity index (χ2v) is 6.27. The van der Waals surface area contributed by atoms with E-state index in [1.165, 1.54) is 0 Å². The Bertz CT molecular complexity index is 640. The van der Waals surface area contributed by atoms with Gasteiger partial charge in [-0.25, -0.2) is 0 Å². The van der Waals surface area contributed by atoms with E-state index >= 15 is 0 Å². The molecule has 0 spiro atoms. The molecule has 1 amide bonds. The maximum Gasteiger partial charge on any atom is 0.240 e.